The molecule has 0 aromatic carbocycles. The molecule has 0 spiro atoms. The van der Waals surface area contributed by atoms with Crippen LogP contribution in [0.15, 0.2) is 12.1 Å². The molecule has 0 radical (unpaired) electrons. The Labute approximate surface area is 173 Å². The number of unbranched alkanes of at least 4 members (excludes halogenated alkanes) is 8. The van der Waals surface area contributed by atoms with Gasteiger partial charge in [0, 0.05) is 0 Å². The van der Waals surface area contributed by atoms with Crippen LogP contribution in [0.1, 0.15) is 110 Å². The molecule has 0 aliphatic heterocycles. The van der Waals surface area contributed by atoms with E-state index in [0.29, 0.717) is 0 Å². The molecule has 0 N–H and O–H groups in total. The average molecular weight is 485 g/mol. The first-order chi connectivity index (χ1) is 12.7. The van der Waals surface area contributed by atoms with Crippen molar-refractivity contribution < 1.29 is 0 Å². The van der Waals surface area contributed by atoms with Gasteiger partial charge in [-0.1, -0.05) is 0 Å². The minimum atomic E-state index is -2.15. The molecular formula is C24H46SSn. The average Bonchev–Trinajstić information content (AvgIpc) is 3.14. The number of hydrogen-bond donors (Lipinski definition) is 0. The van der Waals surface area contributed by atoms with Crippen molar-refractivity contribution in [3.05, 3.63) is 17.0 Å². The molecule has 152 valence electrons. The van der Waals surface area contributed by atoms with Crippen molar-refractivity contribution in [3.63, 3.8) is 0 Å². The number of thiophene rings is 1. The first kappa shape index (κ1) is 24.5. The van der Waals surface area contributed by atoms with Gasteiger partial charge in [-0.2, -0.15) is 0 Å². The number of aryl methyl sites for hydroxylation is 1. The van der Waals surface area contributed by atoms with Crippen LogP contribution < -0.4 is 2.89 Å². The summed E-state index contributed by atoms with van der Waals surface area (Å²) in [5.74, 6) is 0. The third-order valence-electron chi connectivity index (χ3n) is 5.99. The van der Waals surface area contributed by atoms with Crippen LogP contribution in [-0.2, 0) is 6.42 Å². The molecule has 0 amide bonds. The zero-order chi connectivity index (χ0) is 19.1. The van der Waals surface area contributed by atoms with Crippen molar-refractivity contribution in [1.82, 2.24) is 0 Å². The second-order valence-corrected chi connectivity index (χ2v) is 23.7. The third-order valence-corrected chi connectivity index (χ3v) is 25.4. The standard InChI is InChI=1S/C12H19S.3C4H9.Sn/c1-2-3-4-5-6-7-9-12-10-8-11-13-12;3*1-3-4-2;/h8,10H,2-7,9H2,1H3;3*1,3-4H2,2H3;. The van der Waals surface area contributed by atoms with Crippen molar-refractivity contribution >= 4 is 32.6 Å². The summed E-state index contributed by atoms with van der Waals surface area (Å²) in [5.41, 5.74) is 0. The van der Waals surface area contributed by atoms with Crippen LogP contribution in [0.3, 0.4) is 0 Å². The predicted molar refractivity (Wildman–Crippen MR) is 126 cm³/mol. The quantitative estimate of drug-likeness (QED) is 0.153. The molecule has 1 rings (SSSR count). The van der Waals surface area contributed by atoms with Crippen LogP contribution in [0.4, 0.5) is 0 Å². The van der Waals surface area contributed by atoms with Gasteiger partial charge in [0.25, 0.3) is 0 Å². The molecule has 0 unspecified atom stereocenters. The van der Waals surface area contributed by atoms with Crippen molar-refractivity contribution in [3.8, 4) is 0 Å². The molecular weight excluding hydrogens is 439 g/mol. The molecule has 0 saturated carbocycles. The molecule has 1 aromatic heterocycles. The van der Waals surface area contributed by atoms with Crippen molar-refractivity contribution in [1.29, 1.82) is 0 Å². The van der Waals surface area contributed by atoms with E-state index >= 15 is 0 Å². The fraction of sp³-hybridized carbons (Fsp3) is 0.833. The number of rotatable bonds is 17. The molecule has 0 aliphatic rings. The van der Waals surface area contributed by atoms with Crippen LogP contribution in [-0.4, -0.2) is 18.4 Å². The monoisotopic (exact) mass is 486 g/mol. The van der Waals surface area contributed by atoms with Gasteiger partial charge in [-0.05, 0) is 0 Å². The minimum absolute atomic E-state index is 1.34. The van der Waals surface area contributed by atoms with E-state index in [0.717, 1.165) is 0 Å². The molecule has 1 aromatic rings. The molecule has 26 heavy (non-hydrogen) atoms. The maximum atomic E-state index is 2.61. The second-order valence-electron chi connectivity index (χ2n) is 8.37. The summed E-state index contributed by atoms with van der Waals surface area (Å²) in [6.45, 7) is 9.46. The van der Waals surface area contributed by atoms with E-state index in [9.17, 15) is 0 Å². The van der Waals surface area contributed by atoms with Gasteiger partial charge in [0.2, 0.25) is 0 Å². The molecule has 0 aliphatic carbocycles. The molecule has 0 nitrogen and oxygen atoms in total. The molecule has 0 saturated heterocycles. The summed E-state index contributed by atoms with van der Waals surface area (Å²) in [6, 6.07) is 5.12. The van der Waals surface area contributed by atoms with Gasteiger partial charge in [0.1, 0.15) is 0 Å². The fourth-order valence-corrected chi connectivity index (χ4v) is 24.5. The Kier molecular flexibility index (Phi) is 14.6. The van der Waals surface area contributed by atoms with E-state index < -0.39 is 18.4 Å². The first-order valence-electron chi connectivity index (χ1n) is 11.8. The van der Waals surface area contributed by atoms with Crippen LogP contribution in [0, 0.1) is 0 Å². The van der Waals surface area contributed by atoms with E-state index in [1.807, 2.05) is 2.89 Å². The normalized spacial score (nSPS) is 12.0. The molecule has 0 atom stereocenters. The van der Waals surface area contributed by atoms with Crippen molar-refractivity contribution in [2.75, 3.05) is 0 Å². The Morgan fingerprint density at radius 2 is 1.12 bits per heavy atom. The van der Waals surface area contributed by atoms with Crippen molar-refractivity contribution in [2.45, 2.75) is 124 Å². The van der Waals surface area contributed by atoms with E-state index in [1.165, 1.54) is 83.5 Å². The molecule has 1 heterocycles. The Balaban J connectivity index is 2.71. The van der Waals surface area contributed by atoms with Crippen LogP contribution in [0.25, 0.3) is 0 Å². The molecule has 0 bridgehead atoms. The Hall–Kier alpha value is 0.499. The molecule has 0 fully saturated rings. The van der Waals surface area contributed by atoms with E-state index in [-0.39, 0.29) is 0 Å². The van der Waals surface area contributed by atoms with Gasteiger partial charge >= 0.3 is 174 Å². The summed E-state index contributed by atoms with van der Waals surface area (Å²) >= 11 is 0.102. The van der Waals surface area contributed by atoms with E-state index in [1.54, 1.807) is 18.2 Å². The SMILES string of the molecule is CCCCCCCCc1cc[c]([Sn]([CH2]CCC)([CH2]CCC)[CH2]CCC)s1. The van der Waals surface area contributed by atoms with E-state index in [4.69, 9.17) is 0 Å². The summed E-state index contributed by atoms with van der Waals surface area (Å²) in [6.07, 6.45) is 18.4. The zero-order valence-electron chi connectivity index (χ0n) is 18.4. The Morgan fingerprint density at radius 3 is 1.65 bits per heavy atom. The van der Waals surface area contributed by atoms with Gasteiger partial charge < -0.3 is 0 Å². The topological polar surface area (TPSA) is 0 Å². The summed E-state index contributed by atoms with van der Waals surface area (Å²) in [7, 11) is 0. The fourth-order valence-electron chi connectivity index (χ4n) is 4.17. The van der Waals surface area contributed by atoms with Crippen LogP contribution >= 0.6 is 11.3 Å². The second kappa shape index (κ2) is 15.4. The Morgan fingerprint density at radius 1 is 0.615 bits per heavy atom. The van der Waals surface area contributed by atoms with Gasteiger partial charge in [-0.15, -0.1) is 0 Å². The summed E-state index contributed by atoms with van der Waals surface area (Å²) in [4.78, 5) is 1.70. The summed E-state index contributed by atoms with van der Waals surface area (Å²) in [5, 5.41) is 0. The summed E-state index contributed by atoms with van der Waals surface area (Å²) < 4.78 is 6.77. The van der Waals surface area contributed by atoms with Crippen molar-refractivity contribution in [2.24, 2.45) is 0 Å². The van der Waals surface area contributed by atoms with Gasteiger partial charge in [0.15, 0.2) is 0 Å². The molecule has 2 heteroatoms. The number of hydrogen-bond acceptors (Lipinski definition) is 1. The van der Waals surface area contributed by atoms with Crippen LogP contribution in [0.5, 0.6) is 0 Å². The predicted octanol–water partition coefficient (Wildman–Crippen LogP) is 8.71. The third kappa shape index (κ3) is 9.13. The van der Waals surface area contributed by atoms with Gasteiger partial charge in [-0.3, -0.25) is 0 Å². The van der Waals surface area contributed by atoms with E-state index in [2.05, 4.69) is 51.2 Å². The Bertz CT molecular complexity index is 415. The van der Waals surface area contributed by atoms with Crippen LogP contribution in [0.2, 0.25) is 13.3 Å². The van der Waals surface area contributed by atoms with Gasteiger partial charge in [-0.25, -0.2) is 0 Å². The zero-order valence-corrected chi connectivity index (χ0v) is 22.0. The maximum absolute atomic E-state index is 2.61. The van der Waals surface area contributed by atoms with Gasteiger partial charge in [0.05, 0.1) is 0 Å². The first-order valence-corrected chi connectivity index (χ1v) is 20.1.